The summed E-state index contributed by atoms with van der Waals surface area (Å²) in [6.45, 7) is 9.63. The Bertz CT molecular complexity index is 1030. The van der Waals surface area contributed by atoms with E-state index in [0.29, 0.717) is 6.61 Å². The number of amidine groups is 1. The predicted molar refractivity (Wildman–Crippen MR) is 139 cm³/mol. The minimum absolute atomic E-state index is 0.0136. The third kappa shape index (κ3) is 7.20. The molecule has 0 bridgehead atoms. The number of halogens is 2. The van der Waals surface area contributed by atoms with Gasteiger partial charge < -0.3 is 34.1 Å². The molecule has 1 saturated carbocycles. The molecule has 0 aromatic heterocycles. The van der Waals surface area contributed by atoms with E-state index < -0.39 is 35.8 Å². The summed E-state index contributed by atoms with van der Waals surface area (Å²) >= 11 is 0. The summed E-state index contributed by atoms with van der Waals surface area (Å²) < 4.78 is 53.6. The highest BCUT2D eigenvalue weighted by molar-refractivity contribution is 5.80. The first kappa shape index (κ1) is 29.1. The number of carbonyl (C=O) groups excluding carboxylic acids is 2. The van der Waals surface area contributed by atoms with Gasteiger partial charge in [-0.2, -0.15) is 4.99 Å². The van der Waals surface area contributed by atoms with Gasteiger partial charge in [0, 0.05) is 26.1 Å². The van der Waals surface area contributed by atoms with Gasteiger partial charge in [-0.3, -0.25) is 4.79 Å². The average molecular weight is 555 g/mol. The number of likely N-dealkylation sites (N-methyl/N-ethyl adjacent to an activating group) is 1. The number of nitrogens with one attached hydrogen (secondary N) is 1. The summed E-state index contributed by atoms with van der Waals surface area (Å²) in [4.78, 5) is 30.5. The van der Waals surface area contributed by atoms with Crippen molar-refractivity contribution >= 4 is 18.0 Å². The van der Waals surface area contributed by atoms with E-state index in [0.717, 1.165) is 31.8 Å². The van der Waals surface area contributed by atoms with E-state index in [-0.39, 0.29) is 54.7 Å². The lowest BCUT2D eigenvalue weighted by atomic mass is 9.95. The number of alkyl halides is 1. The van der Waals surface area contributed by atoms with Gasteiger partial charge in [0.15, 0.2) is 12.0 Å². The number of fused-ring (bicyclic) bond motifs is 1. The van der Waals surface area contributed by atoms with Gasteiger partial charge >= 0.3 is 6.09 Å². The van der Waals surface area contributed by atoms with Crippen molar-refractivity contribution in [1.82, 2.24) is 15.1 Å². The first-order chi connectivity index (χ1) is 18.3. The maximum atomic E-state index is 15.5. The average Bonchev–Trinajstić information content (AvgIpc) is 3.13. The SMILES string of the molecule is CC(=O)N[C@@H](C)CO[C@H]1CC[C@H](OC2=NC3=C(F)C=C(OC4CN(C(=O)OC(C)(C)C)C4)C(F)C3N2C)CC1. The number of likely N-dealkylation sites (tertiary alicyclic amines) is 1. The molecule has 4 rings (SSSR count). The maximum absolute atomic E-state index is 15.5. The quantitative estimate of drug-likeness (QED) is 0.513. The van der Waals surface area contributed by atoms with Gasteiger partial charge in [-0.15, -0.1) is 0 Å². The standard InChI is InChI=1S/C27H40F2N4O6/c1-15(30-16(2)34)14-36-17-7-9-18(10-8-17)38-25-31-23-20(28)11-21(22(29)24(23)32(25)6)37-19-12-33(13-19)26(35)39-27(3,4)5/h11,15,17-19,22,24H,7-10,12-14H2,1-6H3,(H,30,34)/t15-,17-,18-,22?,24?/m0/s1. The summed E-state index contributed by atoms with van der Waals surface area (Å²) in [7, 11) is 1.63. The molecule has 2 unspecified atom stereocenters. The molecule has 10 nitrogen and oxygen atoms in total. The molecule has 1 N–H and O–H groups in total. The summed E-state index contributed by atoms with van der Waals surface area (Å²) in [6.07, 6.45) is 1.43. The number of allylic oxidation sites excluding steroid dienone is 2. The number of aliphatic imine (C=N–C) groups is 1. The highest BCUT2D eigenvalue weighted by Crippen LogP contribution is 2.38. The monoisotopic (exact) mass is 554 g/mol. The van der Waals surface area contributed by atoms with E-state index in [1.54, 1.807) is 27.8 Å². The second-order valence-electron chi connectivity index (χ2n) is 11.7. The Hall–Kier alpha value is -2.89. The van der Waals surface area contributed by atoms with E-state index in [9.17, 15) is 14.0 Å². The molecular formula is C27H40F2N4O6. The summed E-state index contributed by atoms with van der Waals surface area (Å²) in [5, 5.41) is 2.80. The Balaban J connectivity index is 1.27. The minimum Gasteiger partial charge on any atom is -0.488 e. The van der Waals surface area contributed by atoms with Crippen molar-refractivity contribution in [3.8, 4) is 0 Å². The van der Waals surface area contributed by atoms with Crippen LogP contribution in [0.4, 0.5) is 13.6 Å². The molecule has 0 spiro atoms. The summed E-state index contributed by atoms with van der Waals surface area (Å²) in [5.41, 5.74) is -0.628. The van der Waals surface area contributed by atoms with E-state index in [1.165, 1.54) is 16.7 Å². The third-order valence-corrected chi connectivity index (χ3v) is 7.01. The van der Waals surface area contributed by atoms with Crippen molar-refractivity contribution in [2.24, 2.45) is 4.99 Å². The Morgan fingerprint density at radius 3 is 2.38 bits per heavy atom. The highest BCUT2D eigenvalue weighted by atomic mass is 19.1. The lowest BCUT2D eigenvalue weighted by Gasteiger charge is -2.41. The molecule has 39 heavy (non-hydrogen) atoms. The van der Waals surface area contributed by atoms with Gasteiger partial charge in [0.25, 0.3) is 6.02 Å². The molecule has 0 aromatic rings. The topological polar surface area (TPSA) is 102 Å². The van der Waals surface area contributed by atoms with Crippen molar-refractivity contribution in [1.29, 1.82) is 0 Å². The van der Waals surface area contributed by atoms with Gasteiger partial charge in [0.2, 0.25) is 5.91 Å². The molecule has 12 heteroatoms. The third-order valence-electron chi connectivity index (χ3n) is 7.01. The number of hydrogen-bond acceptors (Lipinski definition) is 8. The van der Waals surface area contributed by atoms with Crippen LogP contribution >= 0.6 is 0 Å². The summed E-state index contributed by atoms with van der Waals surface area (Å²) in [5.74, 6) is -0.873. The molecule has 2 fully saturated rings. The van der Waals surface area contributed by atoms with Crippen LogP contribution in [-0.2, 0) is 23.7 Å². The minimum atomic E-state index is -1.64. The molecule has 4 aliphatic rings. The molecule has 3 atom stereocenters. The Morgan fingerprint density at radius 2 is 1.77 bits per heavy atom. The van der Waals surface area contributed by atoms with Crippen LogP contribution in [0.2, 0.25) is 0 Å². The zero-order valence-corrected chi connectivity index (χ0v) is 23.5. The maximum Gasteiger partial charge on any atom is 0.410 e. The van der Waals surface area contributed by atoms with Crippen molar-refractivity contribution in [2.45, 2.75) is 102 Å². The number of nitrogens with zero attached hydrogens (tertiary/aromatic N) is 3. The molecule has 2 amide bonds. The zero-order chi connectivity index (χ0) is 28.5. The number of hydrogen-bond donors (Lipinski definition) is 1. The van der Waals surface area contributed by atoms with Gasteiger partial charge in [0.1, 0.15) is 35.3 Å². The van der Waals surface area contributed by atoms with Crippen molar-refractivity contribution < 1.29 is 37.3 Å². The fraction of sp³-hybridized carbons (Fsp3) is 0.741. The number of carbonyl (C=O) groups is 2. The van der Waals surface area contributed by atoms with Crippen LogP contribution in [0.5, 0.6) is 0 Å². The molecule has 2 aliphatic carbocycles. The second kappa shape index (κ2) is 11.7. The van der Waals surface area contributed by atoms with Crippen LogP contribution in [0.15, 0.2) is 28.4 Å². The van der Waals surface area contributed by atoms with Crippen molar-refractivity contribution in [3.63, 3.8) is 0 Å². The molecule has 2 heterocycles. The van der Waals surface area contributed by atoms with Crippen molar-refractivity contribution in [3.05, 3.63) is 23.4 Å². The fourth-order valence-electron chi connectivity index (χ4n) is 5.04. The van der Waals surface area contributed by atoms with Crippen LogP contribution in [-0.4, -0.2) is 96.7 Å². The fourth-order valence-corrected chi connectivity index (χ4v) is 5.04. The number of ether oxygens (including phenoxy) is 4. The Morgan fingerprint density at radius 1 is 1.13 bits per heavy atom. The molecule has 2 aliphatic heterocycles. The summed E-state index contributed by atoms with van der Waals surface area (Å²) in [6, 6.07) is -0.864. The van der Waals surface area contributed by atoms with Gasteiger partial charge in [-0.1, -0.05) is 0 Å². The van der Waals surface area contributed by atoms with Gasteiger partial charge in [-0.25, -0.2) is 13.6 Å². The molecule has 218 valence electrons. The Kier molecular flexibility index (Phi) is 8.72. The zero-order valence-electron chi connectivity index (χ0n) is 23.5. The van der Waals surface area contributed by atoms with Crippen LogP contribution in [0.3, 0.4) is 0 Å². The molecule has 0 radical (unpaired) electrons. The van der Waals surface area contributed by atoms with Gasteiger partial charge in [-0.05, 0) is 53.4 Å². The smallest absolute Gasteiger partial charge is 0.410 e. The van der Waals surface area contributed by atoms with Crippen LogP contribution in [0.25, 0.3) is 0 Å². The van der Waals surface area contributed by atoms with Crippen LogP contribution in [0, 0.1) is 0 Å². The van der Waals surface area contributed by atoms with Crippen LogP contribution in [0.1, 0.15) is 60.3 Å². The second-order valence-corrected chi connectivity index (χ2v) is 11.7. The van der Waals surface area contributed by atoms with E-state index in [2.05, 4.69) is 10.3 Å². The first-order valence-corrected chi connectivity index (χ1v) is 13.6. The van der Waals surface area contributed by atoms with Crippen LogP contribution < -0.4 is 5.32 Å². The Labute approximate surface area is 228 Å². The number of amides is 2. The highest BCUT2D eigenvalue weighted by Gasteiger charge is 2.46. The number of rotatable bonds is 7. The molecule has 1 saturated heterocycles. The van der Waals surface area contributed by atoms with E-state index in [4.69, 9.17) is 18.9 Å². The predicted octanol–water partition coefficient (Wildman–Crippen LogP) is 3.58. The normalized spacial score (nSPS) is 28.2. The first-order valence-electron chi connectivity index (χ1n) is 13.6. The lowest BCUT2D eigenvalue weighted by Crippen LogP contribution is -2.56. The lowest BCUT2D eigenvalue weighted by molar-refractivity contribution is -0.120. The van der Waals surface area contributed by atoms with E-state index >= 15 is 4.39 Å². The molecule has 0 aromatic carbocycles. The van der Waals surface area contributed by atoms with Gasteiger partial charge in [0.05, 0.1) is 25.8 Å². The largest absolute Gasteiger partial charge is 0.488 e. The van der Waals surface area contributed by atoms with Crippen molar-refractivity contribution in [2.75, 3.05) is 26.7 Å². The van der Waals surface area contributed by atoms with E-state index in [1.807, 2.05) is 6.92 Å². The molecular weight excluding hydrogens is 514 g/mol.